The van der Waals surface area contributed by atoms with E-state index in [9.17, 15) is 9.59 Å². The van der Waals surface area contributed by atoms with Crippen LogP contribution in [-0.2, 0) is 9.59 Å². The number of likely N-dealkylation sites (tertiary alicyclic amines) is 1. The van der Waals surface area contributed by atoms with Crippen molar-refractivity contribution in [2.75, 3.05) is 13.1 Å². The molecule has 3 rings (SSSR count). The van der Waals surface area contributed by atoms with Gasteiger partial charge >= 0.3 is 0 Å². The highest BCUT2D eigenvalue weighted by molar-refractivity contribution is 5.89. The second kappa shape index (κ2) is 7.98. The van der Waals surface area contributed by atoms with Crippen molar-refractivity contribution in [2.45, 2.75) is 76.7 Å². The van der Waals surface area contributed by atoms with Gasteiger partial charge in [-0.3, -0.25) is 9.59 Å². The SMILES string of the molecule is O=C(NCCC1=CCCCC1)[C@H]1CC(=O)N(C2CCCCC2)C1. The van der Waals surface area contributed by atoms with Gasteiger partial charge in [-0.2, -0.15) is 0 Å². The van der Waals surface area contributed by atoms with Gasteiger partial charge in [0.15, 0.2) is 0 Å². The van der Waals surface area contributed by atoms with Gasteiger partial charge in [-0.05, 0) is 44.9 Å². The van der Waals surface area contributed by atoms with Gasteiger partial charge in [-0.1, -0.05) is 30.9 Å². The minimum Gasteiger partial charge on any atom is -0.355 e. The molecule has 1 saturated carbocycles. The molecule has 2 fully saturated rings. The topological polar surface area (TPSA) is 49.4 Å². The Labute approximate surface area is 139 Å². The van der Waals surface area contributed by atoms with Crippen LogP contribution in [0.5, 0.6) is 0 Å². The van der Waals surface area contributed by atoms with E-state index in [1.807, 2.05) is 4.90 Å². The maximum absolute atomic E-state index is 12.4. The molecule has 0 spiro atoms. The summed E-state index contributed by atoms with van der Waals surface area (Å²) in [4.78, 5) is 26.6. The lowest BCUT2D eigenvalue weighted by molar-refractivity contribution is -0.130. The summed E-state index contributed by atoms with van der Waals surface area (Å²) in [5.41, 5.74) is 1.49. The minimum absolute atomic E-state index is 0.0769. The van der Waals surface area contributed by atoms with Crippen molar-refractivity contribution < 1.29 is 9.59 Å². The lowest BCUT2D eigenvalue weighted by atomic mass is 9.94. The van der Waals surface area contributed by atoms with E-state index in [-0.39, 0.29) is 17.7 Å². The fraction of sp³-hybridized carbons (Fsp3) is 0.789. The molecule has 1 N–H and O–H groups in total. The Morgan fingerprint density at radius 3 is 2.74 bits per heavy atom. The molecule has 1 heterocycles. The van der Waals surface area contributed by atoms with E-state index in [1.165, 1.54) is 50.5 Å². The molecule has 0 aromatic rings. The first-order valence-electron chi connectivity index (χ1n) is 9.49. The van der Waals surface area contributed by atoms with Crippen molar-refractivity contribution in [1.82, 2.24) is 10.2 Å². The maximum Gasteiger partial charge on any atom is 0.225 e. The van der Waals surface area contributed by atoms with Gasteiger partial charge in [0.25, 0.3) is 0 Å². The van der Waals surface area contributed by atoms with E-state index in [4.69, 9.17) is 0 Å². The van der Waals surface area contributed by atoms with Crippen LogP contribution in [0.4, 0.5) is 0 Å². The normalized spacial score (nSPS) is 26.3. The lowest BCUT2D eigenvalue weighted by Crippen LogP contribution is -2.39. The fourth-order valence-corrected chi connectivity index (χ4v) is 4.28. The van der Waals surface area contributed by atoms with Crippen LogP contribution in [0.1, 0.15) is 70.6 Å². The molecule has 0 unspecified atom stereocenters. The summed E-state index contributed by atoms with van der Waals surface area (Å²) in [6.07, 6.45) is 14.7. The Morgan fingerprint density at radius 1 is 1.17 bits per heavy atom. The van der Waals surface area contributed by atoms with E-state index >= 15 is 0 Å². The van der Waals surface area contributed by atoms with Crippen molar-refractivity contribution in [2.24, 2.45) is 5.92 Å². The van der Waals surface area contributed by atoms with Crippen molar-refractivity contribution in [3.63, 3.8) is 0 Å². The van der Waals surface area contributed by atoms with Gasteiger partial charge in [-0.25, -0.2) is 0 Å². The standard InChI is InChI=1S/C19H30N2O2/c22-18-13-16(14-21(18)17-9-5-2-6-10-17)19(23)20-12-11-15-7-3-1-4-8-15/h7,16-17H,1-6,8-14H2,(H,20,23)/t16-/m0/s1. The highest BCUT2D eigenvalue weighted by Gasteiger charge is 2.37. The predicted molar refractivity (Wildman–Crippen MR) is 90.9 cm³/mol. The van der Waals surface area contributed by atoms with Gasteiger partial charge in [0.1, 0.15) is 0 Å². The highest BCUT2D eigenvalue weighted by Crippen LogP contribution is 2.28. The largest absolute Gasteiger partial charge is 0.355 e. The maximum atomic E-state index is 12.4. The first kappa shape index (κ1) is 16.5. The van der Waals surface area contributed by atoms with E-state index < -0.39 is 0 Å². The smallest absolute Gasteiger partial charge is 0.225 e. The quantitative estimate of drug-likeness (QED) is 0.792. The summed E-state index contributed by atoms with van der Waals surface area (Å²) in [5, 5.41) is 3.06. The van der Waals surface area contributed by atoms with Gasteiger partial charge < -0.3 is 10.2 Å². The van der Waals surface area contributed by atoms with Gasteiger partial charge in [0.2, 0.25) is 11.8 Å². The lowest BCUT2D eigenvalue weighted by Gasteiger charge is -2.31. The molecule has 2 aliphatic carbocycles. The third kappa shape index (κ3) is 4.36. The van der Waals surface area contributed by atoms with Crippen LogP contribution in [0.25, 0.3) is 0 Å². The van der Waals surface area contributed by atoms with Crippen molar-refractivity contribution >= 4 is 11.8 Å². The van der Waals surface area contributed by atoms with E-state index in [0.717, 1.165) is 25.8 Å². The number of amides is 2. The molecule has 3 aliphatic rings. The first-order chi connectivity index (χ1) is 11.2. The number of carbonyl (C=O) groups is 2. The monoisotopic (exact) mass is 318 g/mol. The van der Waals surface area contributed by atoms with Crippen LogP contribution in [0.2, 0.25) is 0 Å². The molecule has 128 valence electrons. The molecule has 4 heteroatoms. The summed E-state index contributed by atoms with van der Waals surface area (Å²) in [6, 6.07) is 0.390. The second-order valence-electron chi connectivity index (χ2n) is 7.39. The molecule has 0 radical (unpaired) electrons. The van der Waals surface area contributed by atoms with Crippen molar-refractivity contribution in [3.8, 4) is 0 Å². The van der Waals surface area contributed by atoms with Crippen LogP contribution in [-0.4, -0.2) is 35.8 Å². The molecule has 4 nitrogen and oxygen atoms in total. The zero-order valence-corrected chi connectivity index (χ0v) is 14.2. The van der Waals surface area contributed by atoms with Crippen LogP contribution in [0.3, 0.4) is 0 Å². The average molecular weight is 318 g/mol. The average Bonchev–Trinajstić information content (AvgIpc) is 2.98. The van der Waals surface area contributed by atoms with Crippen LogP contribution in [0.15, 0.2) is 11.6 Å². The number of nitrogens with one attached hydrogen (secondary N) is 1. The Kier molecular flexibility index (Phi) is 5.74. The molecule has 1 aliphatic heterocycles. The van der Waals surface area contributed by atoms with E-state index in [1.54, 1.807) is 0 Å². The minimum atomic E-state index is -0.134. The number of hydrogen-bond acceptors (Lipinski definition) is 2. The third-order valence-electron chi connectivity index (χ3n) is 5.68. The van der Waals surface area contributed by atoms with Crippen molar-refractivity contribution in [3.05, 3.63) is 11.6 Å². The second-order valence-corrected chi connectivity index (χ2v) is 7.39. The summed E-state index contributed by atoms with van der Waals surface area (Å²) in [5.74, 6) is 0.130. The summed E-state index contributed by atoms with van der Waals surface area (Å²) in [7, 11) is 0. The zero-order valence-electron chi connectivity index (χ0n) is 14.2. The Hall–Kier alpha value is -1.32. The van der Waals surface area contributed by atoms with Gasteiger partial charge in [0.05, 0.1) is 5.92 Å². The molecular weight excluding hydrogens is 288 g/mol. The molecule has 0 aromatic carbocycles. The zero-order chi connectivity index (χ0) is 16.1. The van der Waals surface area contributed by atoms with Crippen LogP contribution < -0.4 is 5.32 Å². The number of allylic oxidation sites excluding steroid dienone is 1. The summed E-state index contributed by atoms with van der Waals surface area (Å²) < 4.78 is 0. The number of hydrogen-bond donors (Lipinski definition) is 1. The van der Waals surface area contributed by atoms with Crippen molar-refractivity contribution in [1.29, 1.82) is 0 Å². The molecule has 0 bridgehead atoms. The first-order valence-corrected chi connectivity index (χ1v) is 9.49. The fourth-order valence-electron chi connectivity index (χ4n) is 4.28. The predicted octanol–water partition coefficient (Wildman–Crippen LogP) is 3.17. The number of carbonyl (C=O) groups excluding carboxylic acids is 2. The Bertz CT molecular complexity index is 466. The number of nitrogens with zero attached hydrogens (tertiary/aromatic N) is 1. The highest BCUT2D eigenvalue weighted by atomic mass is 16.2. The van der Waals surface area contributed by atoms with E-state index in [0.29, 0.717) is 19.0 Å². The third-order valence-corrected chi connectivity index (χ3v) is 5.68. The summed E-state index contributed by atoms with van der Waals surface area (Å²) in [6.45, 7) is 1.36. The number of rotatable bonds is 5. The molecule has 1 atom stereocenters. The van der Waals surface area contributed by atoms with Gasteiger partial charge in [-0.15, -0.1) is 0 Å². The van der Waals surface area contributed by atoms with E-state index in [2.05, 4.69) is 11.4 Å². The molecule has 2 amide bonds. The Balaban J connectivity index is 1.43. The molecule has 1 saturated heterocycles. The molecule has 23 heavy (non-hydrogen) atoms. The summed E-state index contributed by atoms with van der Waals surface area (Å²) >= 11 is 0. The molecule has 0 aromatic heterocycles. The van der Waals surface area contributed by atoms with Crippen LogP contribution >= 0.6 is 0 Å². The van der Waals surface area contributed by atoms with Crippen LogP contribution in [0, 0.1) is 5.92 Å². The molecular formula is C19H30N2O2. The Morgan fingerprint density at radius 2 is 2.00 bits per heavy atom. The van der Waals surface area contributed by atoms with Gasteiger partial charge in [0, 0.05) is 25.6 Å².